The minimum Gasteiger partial charge on any atom is -0.494 e. The highest BCUT2D eigenvalue weighted by Crippen LogP contribution is 2.12. The number of carbonyl (C=O) groups is 3. The molecule has 0 saturated carbocycles. The Labute approximate surface area is 128 Å². The normalized spacial score (nSPS) is 10.2. The summed E-state index contributed by atoms with van der Waals surface area (Å²) in [7, 11) is 0. The van der Waals surface area contributed by atoms with Crippen LogP contribution in [0.3, 0.4) is 0 Å². The average molecular weight is 306 g/mol. The lowest BCUT2D eigenvalue weighted by Gasteiger charge is -2.03. The molecule has 0 radical (unpaired) electrons. The van der Waals surface area contributed by atoms with E-state index in [0.717, 1.165) is 11.3 Å². The summed E-state index contributed by atoms with van der Waals surface area (Å²) in [5.74, 6) is -1.19. The van der Waals surface area contributed by atoms with E-state index < -0.39 is 24.4 Å². The predicted molar refractivity (Wildman–Crippen MR) is 79.8 cm³/mol. The van der Waals surface area contributed by atoms with Crippen LogP contribution in [0.5, 0.6) is 5.75 Å². The van der Waals surface area contributed by atoms with Crippen LogP contribution in [-0.2, 0) is 19.1 Å². The van der Waals surface area contributed by atoms with Gasteiger partial charge in [-0.25, -0.2) is 4.79 Å². The summed E-state index contributed by atoms with van der Waals surface area (Å²) < 4.78 is 10.0. The third kappa shape index (κ3) is 7.09. The molecule has 7 nitrogen and oxygen atoms in total. The molecular formula is C15H18N2O5. The van der Waals surface area contributed by atoms with E-state index in [2.05, 4.69) is 5.32 Å². The SMILES string of the molecule is CCOc1ccc(/C=C/C(=O)OCC(=O)NCC(N)=O)cc1. The van der Waals surface area contributed by atoms with Gasteiger partial charge in [0.2, 0.25) is 5.91 Å². The van der Waals surface area contributed by atoms with Crippen LogP contribution < -0.4 is 15.8 Å². The third-order valence-corrected chi connectivity index (χ3v) is 2.41. The molecule has 1 aromatic carbocycles. The number of carbonyl (C=O) groups excluding carboxylic acids is 3. The van der Waals surface area contributed by atoms with Gasteiger partial charge in [-0.05, 0) is 30.7 Å². The van der Waals surface area contributed by atoms with E-state index in [1.54, 1.807) is 30.3 Å². The Bertz CT molecular complexity index is 552. The summed E-state index contributed by atoms with van der Waals surface area (Å²) in [6, 6.07) is 7.14. The van der Waals surface area contributed by atoms with E-state index in [4.69, 9.17) is 15.2 Å². The van der Waals surface area contributed by atoms with Crippen LogP contribution in [0.15, 0.2) is 30.3 Å². The maximum absolute atomic E-state index is 11.4. The van der Waals surface area contributed by atoms with Crippen molar-refractivity contribution < 1.29 is 23.9 Å². The zero-order valence-electron chi connectivity index (χ0n) is 12.2. The lowest BCUT2D eigenvalue weighted by atomic mass is 10.2. The lowest BCUT2D eigenvalue weighted by molar-refractivity contribution is -0.143. The topological polar surface area (TPSA) is 108 Å². The number of hydrogen-bond donors (Lipinski definition) is 2. The molecule has 0 unspecified atom stereocenters. The smallest absolute Gasteiger partial charge is 0.331 e. The average Bonchev–Trinajstić information content (AvgIpc) is 2.50. The van der Waals surface area contributed by atoms with Crippen molar-refractivity contribution in [3.8, 4) is 5.75 Å². The Morgan fingerprint density at radius 2 is 1.91 bits per heavy atom. The first-order valence-electron chi connectivity index (χ1n) is 6.64. The van der Waals surface area contributed by atoms with Gasteiger partial charge >= 0.3 is 5.97 Å². The number of benzene rings is 1. The molecule has 2 amide bonds. The molecule has 7 heteroatoms. The highest BCUT2D eigenvalue weighted by molar-refractivity contribution is 5.90. The molecule has 0 aromatic heterocycles. The van der Waals surface area contributed by atoms with E-state index in [1.165, 1.54) is 6.08 Å². The highest BCUT2D eigenvalue weighted by Gasteiger charge is 2.05. The number of hydrogen-bond acceptors (Lipinski definition) is 5. The van der Waals surface area contributed by atoms with Crippen molar-refractivity contribution in [3.63, 3.8) is 0 Å². The molecule has 0 aliphatic rings. The summed E-state index contributed by atoms with van der Waals surface area (Å²) in [6.45, 7) is 1.71. The molecule has 0 atom stereocenters. The van der Waals surface area contributed by atoms with E-state index >= 15 is 0 Å². The van der Waals surface area contributed by atoms with Crippen LogP contribution in [0.2, 0.25) is 0 Å². The fraction of sp³-hybridized carbons (Fsp3) is 0.267. The molecule has 0 spiro atoms. The first-order valence-corrected chi connectivity index (χ1v) is 6.64. The second-order valence-corrected chi connectivity index (χ2v) is 4.19. The molecule has 22 heavy (non-hydrogen) atoms. The second kappa shape index (κ2) is 9.17. The molecule has 3 N–H and O–H groups in total. The Kier molecular flexibility index (Phi) is 7.18. The first-order chi connectivity index (χ1) is 10.5. The van der Waals surface area contributed by atoms with E-state index in [-0.39, 0.29) is 6.54 Å². The van der Waals surface area contributed by atoms with Gasteiger partial charge in [0.1, 0.15) is 5.75 Å². The van der Waals surface area contributed by atoms with Gasteiger partial charge in [-0.3, -0.25) is 9.59 Å². The van der Waals surface area contributed by atoms with Crippen molar-refractivity contribution in [3.05, 3.63) is 35.9 Å². The van der Waals surface area contributed by atoms with Gasteiger partial charge in [-0.2, -0.15) is 0 Å². The Morgan fingerprint density at radius 1 is 1.23 bits per heavy atom. The molecule has 0 bridgehead atoms. The molecule has 118 valence electrons. The van der Waals surface area contributed by atoms with Crippen LogP contribution >= 0.6 is 0 Å². The molecule has 0 saturated heterocycles. The quantitative estimate of drug-likeness (QED) is 0.528. The van der Waals surface area contributed by atoms with Crippen molar-refractivity contribution in [2.45, 2.75) is 6.92 Å². The Morgan fingerprint density at radius 3 is 2.50 bits per heavy atom. The fourth-order valence-electron chi connectivity index (χ4n) is 1.43. The number of nitrogens with one attached hydrogen (secondary N) is 1. The van der Waals surface area contributed by atoms with E-state index in [1.807, 2.05) is 6.92 Å². The van der Waals surface area contributed by atoms with Gasteiger partial charge in [-0.15, -0.1) is 0 Å². The maximum Gasteiger partial charge on any atom is 0.331 e. The molecule has 0 aliphatic heterocycles. The summed E-state index contributed by atoms with van der Waals surface area (Å²) in [4.78, 5) is 33.1. The van der Waals surface area contributed by atoms with Gasteiger partial charge in [0.15, 0.2) is 6.61 Å². The number of rotatable bonds is 8. The summed E-state index contributed by atoms with van der Waals surface area (Å²) in [5, 5.41) is 2.20. The van der Waals surface area contributed by atoms with Crippen molar-refractivity contribution in [2.75, 3.05) is 19.8 Å². The molecule has 0 heterocycles. The number of amides is 2. The molecule has 0 aliphatic carbocycles. The zero-order valence-corrected chi connectivity index (χ0v) is 12.2. The highest BCUT2D eigenvalue weighted by atomic mass is 16.5. The molecule has 1 aromatic rings. The zero-order chi connectivity index (χ0) is 16.4. The first kappa shape index (κ1) is 17.2. The van der Waals surface area contributed by atoms with Crippen LogP contribution in [0, 0.1) is 0 Å². The molecule has 1 rings (SSSR count). The predicted octanol–water partition coefficient (Wildman–Crippen LogP) is 0.243. The van der Waals surface area contributed by atoms with Crippen molar-refractivity contribution in [1.82, 2.24) is 5.32 Å². The molecular weight excluding hydrogens is 288 g/mol. The van der Waals surface area contributed by atoms with Crippen molar-refractivity contribution >= 4 is 23.9 Å². The fourth-order valence-corrected chi connectivity index (χ4v) is 1.43. The van der Waals surface area contributed by atoms with Crippen LogP contribution in [0.25, 0.3) is 6.08 Å². The summed E-state index contributed by atoms with van der Waals surface area (Å²) >= 11 is 0. The lowest BCUT2D eigenvalue weighted by Crippen LogP contribution is -2.35. The van der Waals surface area contributed by atoms with Crippen molar-refractivity contribution in [1.29, 1.82) is 0 Å². The summed E-state index contributed by atoms with van der Waals surface area (Å²) in [5.41, 5.74) is 5.65. The number of primary amides is 1. The minimum atomic E-state index is -0.671. The largest absolute Gasteiger partial charge is 0.494 e. The standard InChI is InChI=1S/C15H18N2O5/c1-2-21-12-6-3-11(4-7-12)5-8-15(20)22-10-14(19)17-9-13(16)18/h3-8H,2,9-10H2,1H3,(H2,16,18)(H,17,19)/b8-5+. The van der Waals surface area contributed by atoms with Gasteiger partial charge in [0.05, 0.1) is 13.2 Å². The Hall–Kier alpha value is -2.83. The monoisotopic (exact) mass is 306 g/mol. The minimum absolute atomic E-state index is 0.293. The van der Waals surface area contributed by atoms with Crippen LogP contribution in [0.1, 0.15) is 12.5 Å². The Balaban J connectivity index is 2.37. The third-order valence-electron chi connectivity index (χ3n) is 2.41. The van der Waals surface area contributed by atoms with Crippen molar-refractivity contribution in [2.24, 2.45) is 5.73 Å². The van der Waals surface area contributed by atoms with Crippen LogP contribution in [0.4, 0.5) is 0 Å². The number of nitrogens with two attached hydrogens (primary N) is 1. The van der Waals surface area contributed by atoms with Crippen LogP contribution in [-0.4, -0.2) is 37.5 Å². The summed E-state index contributed by atoms with van der Waals surface area (Å²) in [6.07, 6.45) is 2.76. The van der Waals surface area contributed by atoms with Gasteiger partial charge in [0.25, 0.3) is 5.91 Å². The van der Waals surface area contributed by atoms with Gasteiger partial charge in [0, 0.05) is 6.08 Å². The van der Waals surface area contributed by atoms with E-state index in [0.29, 0.717) is 6.61 Å². The molecule has 0 fully saturated rings. The number of ether oxygens (including phenoxy) is 2. The van der Waals surface area contributed by atoms with E-state index in [9.17, 15) is 14.4 Å². The second-order valence-electron chi connectivity index (χ2n) is 4.19. The van der Waals surface area contributed by atoms with Gasteiger partial charge < -0.3 is 20.5 Å². The number of esters is 1. The maximum atomic E-state index is 11.4. The van der Waals surface area contributed by atoms with Gasteiger partial charge in [-0.1, -0.05) is 12.1 Å².